The fraction of sp³-hybridized carbons (Fsp3) is 0.750. The molecule has 0 bridgehead atoms. The summed E-state index contributed by atoms with van der Waals surface area (Å²) in [6, 6.07) is 0.275. The maximum Gasteiger partial charge on any atom is 0.215 e. The van der Waals surface area contributed by atoms with E-state index in [-0.39, 0.29) is 11.8 Å². The van der Waals surface area contributed by atoms with E-state index in [1.165, 1.54) is 7.85 Å². The van der Waals surface area contributed by atoms with Crippen LogP contribution in [0.4, 0.5) is 4.79 Å². The lowest BCUT2D eigenvalue weighted by atomic mass is 10.1. The molecule has 7 heavy (non-hydrogen) atoms. The molecule has 0 rings (SSSR count). The highest BCUT2D eigenvalue weighted by Crippen LogP contribution is 1.72. The zero-order valence-corrected chi connectivity index (χ0v) is 4.99. The molecule has 0 aromatic rings. The maximum atomic E-state index is 10.1. The number of hydrogen-bond donors (Lipinski definition) is 1. The third kappa shape index (κ3) is 5.53. The minimum Gasteiger partial charge on any atom is -0.363 e. The second-order valence-electron chi connectivity index (χ2n) is 1.86. The molecule has 0 heterocycles. The van der Waals surface area contributed by atoms with Gasteiger partial charge < -0.3 is 5.32 Å². The van der Waals surface area contributed by atoms with E-state index in [0.29, 0.717) is 0 Å². The van der Waals surface area contributed by atoms with Gasteiger partial charge in [-0.1, -0.05) is 0 Å². The van der Waals surface area contributed by atoms with Gasteiger partial charge in [0.15, 0.2) is 5.81 Å². The topological polar surface area (TPSA) is 29.1 Å². The summed E-state index contributed by atoms with van der Waals surface area (Å²) in [6.07, 6.45) is 0. The van der Waals surface area contributed by atoms with Crippen molar-refractivity contribution in [1.82, 2.24) is 5.32 Å². The fourth-order valence-electron chi connectivity index (χ4n) is 0.407. The lowest BCUT2D eigenvalue weighted by molar-refractivity contribution is 0.257. The van der Waals surface area contributed by atoms with Crippen LogP contribution in [0.1, 0.15) is 13.8 Å². The van der Waals surface area contributed by atoms with Crippen molar-refractivity contribution in [2.24, 2.45) is 0 Å². The first-order chi connectivity index (χ1) is 3.13. The first-order valence-electron chi connectivity index (χ1n) is 2.40. The Morgan fingerprint density at radius 3 is 2.14 bits per heavy atom. The molecule has 0 spiro atoms. The van der Waals surface area contributed by atoms with Gasteiger partial charge in [0.2, 0.25) is 7.85 Å². The van der Waals surface area contributed by atoms with Gasteiger partial charge in [-0.25, -0.2) is 0 Å². The van der Waals surface area contributed by atoms with Crippen LogP contribution in [0.5, 0.6) is 0 Å². The summed E-state index contributed by atoms with van der Waals surface area (Å²) in [7, 11) is 1.51. The summed E-state index contributed by atoms with van der Waals surface area (Å²) in [5.74, 6) is 0.0370. The van der Waals surface area contributed by atoms with Gasteiger partial charge in [-0.3, -0.25) is 4.79 Å². The Labute approximate surface area is 44.7 Å². The molecule has 3 heteroatoms. The lowest BCUT2D eigenvalue weighted by Gasteiger charge is -2.02. The molecule has 1 N–H and O–H groups in total. The monoisotopic (exact) mass is 99.1 g/mol. The van der Waals surface area contributed by atoms with E-state index in [1.54, 1.807) is 0 Å². The quantitative estimate of drug-likeness (QED) is 0.450. The lowest BCUT2D eigenvalue weighted by Crippen LogP contribution is -2.28. The third-order valence-corrected chi connectivity index (χ3v) is 0.492. The van der Waals surface area contributed by atoms with Crippen molar-refractivity contribution in [3.63, 3.8) is 0 Å². The first-order valence-corrected chi connectivity index (χ1v) is 2.40. The van der Waals surface area contributed by atoms with E-state index in [4.69, 9.17) is 0 Å². The van der Waals surface area contributed by atoms with E-state index >= 15 is 0 Å². The van der Waals surface area contributed by atoms with Crippen LogP contribution in [0, 0.1) is 0 Å². The SMILES string of the molecule is BC(=O)NC(C)C. The molecular weight excluding hydrogens is 88.9 g/mol. The van der Waals surface area contributed by atoms with Crippen LogP contribution in [-0.2, 0) is 0 Å². The molecule has 2 nitrogen and oxygen atoms in total. The summed E-state index contributed by atoms with van der Waals surface area (Å²) < 4.78 is 0. The number of carbonyl (C=O) groups is 1. The van der Waals surface area contributed by atoms with Gasteiger partial charge in [0.1, 0.15) is 0 Å². The zero-order valence-electron chi connectivity index (χ0n) is 4.99. The predicted octanol–water partition coefficient (Wildman–Crippen LogP) is -0.263. The molecule has 0 aliphatic carbocycles. The van der Waals surface area contributed by atoms with Gasteiger partial charge in [0.05, 0.1) is 0 Å². The van der Waals surface area contributed by atoms with Crippen LogP contribution in [-0.4, -0.2) is 19.7 Å². The van der Waals surface area contributed by atoms with Crippen LogP contribution in [0.25, 0.3) is 0 Å². The molecule has 0 saturated carbocycles. The van der Waals surface area contributed by atoms with Gasteiger partial charge in [-0.2, -0.15) is 0 Å². The van der Waals surface area contributed by atoms with Crippen molar-refractivity contribution >= 4 is 13.7 Å². The summed E-state index contributed by atoms with van der Waals surface area (Å²) in [4.78, 5) is 10.1. The molecular formula is C4H10BNO. The Kier molecular flexibility index (Phi) is 2.49. The van der Waals surface area contributed by atoms with Crippen LogP contribution < -0.4 is 5.32 Å². The number of carbonyl (C=O) groups excluding carboxylic acids is 1. The molecule has 40 valence electrons. The summed E-state index contributed by atoms with van der Waals surface area (Å²) in [5.41, 5.74) is 0. The Morgan fingerprint density at radius 1 is 1.71 bits per heavy atom. The maximum absolute atomic E-state index is 10.1. The van der Waals surface area contributed by atoms with Gasteiger partial charge >= 0.3 is 0 Å². The molecule has 0 aliphatic heterocycles. The van der Waals surface area contributed by atoms with E-state index < -0.39 is 0 Å². The van der Waals surface area contributed by atoms with E-state index in [2.05, 4.69) is 5.32 Å². The van der Waals surface area contributed by atoms with Crippen LogP contribution in [0.2, 0.25) is 0 Å². The molecule has 0 aromatic heterocycles. The van der Waals surface area contributed by atoms with Gasteiger partial charge in [0, 0.05) is 6.04 Å². The minimum absolute atomic E-state index is 0.0370. The average Bonchev–Trinajstić information content (AvgIpc) is 1.27. The molecule has 0 aliphatic rings. The van der Waals surface area contributed by atoms with Crippen LogP contribution in [0.15, 0.2) is 0 Å². The summed E-state index contributed by atoms with van der Waals surface area (Å²) >= 11 is 0. The molecule has 0 aromatic carbocycles. The minimum atomic E-state index is 0.0370. The Hall–Kier alpha value is -0.465. The molecule has 0 saturated heterocycles. The van der Waals surface area contributed by atoms with E-state index in [1.807, 2.05) is 13.8 Å². The van der Waals surface area contributed by atoms with Gasteiger partial charge in [0.25, 0.3) is 0 Å². The highest BCUT2D eigenvalue weighted by molar-refractivity contribution is 6.57. The number of rotatable bonds is 1. The van der Waals surface area contributed by atoms with Crippen molar-refractivity contribution in [3.05, 3.63) is 0 Å². The second kappa shape index (κ2) is 2.67. The number of amides is 1. The van der Waals surface area contributed by atoms with Gasteiger partial charge in [-0.05, 0) is 13.8 Å². The Bertz CT molecular complexity index is 72.1. The number of hydrogen-bond acceptors (Lipinski definition) is 1. The van der Waals surface area contributed by atoms with E-state index in [0.717, 1.165) is 0 Å². The second-order valence-corrected chi connectivity index (χ2v) is 1.86. The Morgan fingerprint density at radius 2 is 2.14 bits per heavy atom. The van der Waals surface area contributed by atoms with Crippen molar-refractivity contribution in [2.45, 2.75) is 19.9 Å². The summed E-state index contributed by atoms with van der Waals surface area (Å²) in [6.45, 7) is 3.86. The van der Waals surface area contributed by atoms with Crippen molar-refractivity contribution in [1.29, 1.82) is 0 Å². The largest absolute Gasteiger partial charge is 0.363 e. The van der Waals surface area contributed by atoms with Crippen molar-refractivity contribution in [3.8, 4) is 0 Å². The normalized spacial score (nSPS) is 9.00. The first kappa shape index (κ1) is 6.53. The molecule has 0 atom stereocenters. The fourth-order valence-corrected chi connectivity index (χ4v) is 0.407. The molecule has 0 unspecified atom stereocenters. The van der Waals surface area contributed by atoms with Crippen molar-refractivity contribution < 1.29 is 4.79 Å². The highest BCUT2D eigenvalue weighted by atomic mass is 16.1. The standard InChI is InChI=1S/C4H10BNO/c1-3(2)6-4(5)7/h3H,5H2,1-2H3,(H,6,7). The third-order valence-electron chi connectivity index (χ3n) is 0.492. The van der Waals surface area contributed by atoms with Crippen LogP contribution >= 0.6 is 0 Å². The Balaban J connectivity index is 3.13. The van der Waals surface area contributed by atoms with E-state index in [9.17, 15) is 4.79 Å². The molecule has 1 amide bonds. The van der Waals surface area contributed by atoms with Crippen LogP contribution in [0.3, 0.4) is 0 Å². The van der Waals surface area contributed by atoms with Gasteiger partial charge in [-0.15, -0.1) is 0 Å². The molecule has 0 radical (unpaired) electrons. The predicted molar refractivity (Wildman–Crippen MR) is 32.2 cm³/mol. The molecule has 0 fully saturated rings. The summed E-state index contributed by atoms with van der Waals surface area (Å²) in [5, 5.41) is 2.67. The van der Waals surface area contributed by atoms with Crippen molar-refractivity contribution in [2.75, 3.05) is 0 Å². The average molecular weight is 98.9 g/mol. The zero-order chi connectivity index (χ0) is 5.86. The smallest absolute Gasteiger partial charge is 0.215 e. The highest BCUT2D eigenvalue weighted by Gasteiger charge is 1.90. The number of nitrogens with one attached hydrogen (secondary N) is 1.